The molecule has 17 heavy (non-hydrogen) atoms. The molecule has 1 aromatic carbocycles. The summed E-state index contributed by atoms with van der Waals surface area (Å²) >= 11 is 0. The third kappa shape index (κ3) is 2.49. The maximum absolute atomic E-state index is 12.5. The summed E-state index contributed by atoms with van der Waals surface area (Å²) in [7, 11) is 0. The van der Waals surface area contributed by atoms with Crippen molar-refractivity contribution in [3.05, 3.63) is 43.5 Å². The average Bonchev–Trinajstić information content (AvgIpc) is 2.15. The van der Waals surface area contributed by atoms with E-state index in [9.17, 15) is 33.4 Å². The van der Waals surface area contributed by atoms with E-state index in [4.69, 9.17) is 0 Å². The second kappa shape index (κ2) is 4.00. The fraction of sp³-hybridized carbons (Fsp3) is 0.250. The Hall–Kier alpha value is -2.19. The normalized spacial score (nSPS) is 11.3. The molecule has 1 aromatic rings. The van der Waals surface area contributed by atoms with E-state index in [2.05, 4.69) is 0 Å². The Bertz CT molecular complexity index is 498. The third-order valence-corrected chi connectivity index (χ3v) is 2.08. The first-order chi connectivity index (χ1) is 7.64. The first-order valence-corrected chi connectivity index (χ1v) is 4.15. The molecule has 0 unspecified atom stereocenters. The van der Waals surface area contributed by atoms with Gasteiger partial charge in [-0.1, -0.05) is 0 Å². The van der Waals surface area contributed by atoms with Gasteiger partial charge in [-0.25, -0.2) is 0 Å². The predicted molar refractivity (Wildman–Crippen MR) is 49.5 cm³/mol. The largest absolute Gasteiger partial charge is 0.417 e. The summed E-state index contributed by atoms with van der Waals surface area (Å²) in [6.07, 6.45) is -4.87. The zero-order chi connectivity index (χ0) is 13.4. The molecule has 0 aliphatic heterocycles. The Morgan fingerprint density at radius 1 is 1.12 bits per heavy atom. The van der Waals surface area contributed by atoms with Crippen molar-refractivity contribution in [2.45, 2.75) is 13.1 Å². The lowest BCUT2D eigenvalue weighted by atomic mass is 10.1. The Morgan fingerprint density at radius 3 is 2.00 bits per heavy atom. The Kier molecular flexibility index (Phi) is 3.03. The molecule has 0 bridgehead atoms. The first kappa shape index (κ1) is 12.9. The van der Waals surface area contributed by atoms with E-state index in [0.717, 1.165) is 6.92 Å². The molecule has 92 valence electrons. The number of halogens is 3. The molecule has 1 rings (SSSR count). The minimum absolute atomic E-state index is 0.280. The molecular weight excluding hydrogens is 245 g/mol. The molecule has 0 spiro atoms. The number of hydrogen-bond donors (Lipinski definition) is 0. The van der Waals surface area contributed by atoms with Crippen LogP contribution in [0.25, 0.3) is 0 Å². The third-order valence-electron chi connectivity index (χ3n) is 2.08. The molecule has 0 aliphatic carbocycles. The number of non-ortho nitro benzene ring substituents is 1. The number of hydrogen-bond acceptors (Lipinski definition) is 4. The summed E-state index contributed by atoms with van der Waals surface area (Å²) in [6, 6.07) is 0.785. The Labute approximate surface area is 92.0 Å². The monoisotopic (exact) mass is 250 g/mol. The number of alkyl halides is 3. The van der Waals surface area contributed by atoms with Crippen molar-refractivity contribution in [2.24, 2.45) is 0 Å². The Balaban J connectivity index is 3.60. The van der Waals surface area contributed by atoms with Crippen LogP contribution in [0.3, 0.4) is 0 Å². The highest BCUT2D eigenvalue weighted by molar-refractivity contribution is 5.54. The van der Waals surface area contributed by atoms with Crippen molar-refractivity contribution in [2.75, 3.05) is 0 Å². The molecule has 0 amide bonds. The van der Waals surface area contributed by atoms with Crippen LogP contribution in [-0.2, 0) is 6.18 Å². The number of nitro benzene ring substituents is 2. The second-order valence-electron chi connectivity index (χ2n) is 3.15. The molecule has 9 heteroatoms. The number of nitro groups is 2. The van der Waals surface area contributed by atoms with Crippen LogP contribution in [0.4, 0.5) is 24.5 Å². The topological polar surface area (TPSA) is 86.3 Å². The smallest absolute Gasteiger partial charge is 0.258 e. The molecule has 0 aromatic heterocycles. The van der Waals surface area contributed by atoms with Crippen LogP contribution >= 0.6 is 0 Å². The molecule has 0 aliphatic rings. The SMILES string of the molecule is Cc1c([N+](=O)[O-])cc([N+](=O)[O-])cc1C(F)(F)F. The molecule has 0 saturated carbocycles. The number of nitrogens with zero attached hydrogens (tertiary/aromatic N) is 2. The quantitative estimate of drug-likeness (QED) is 0.596. The fourth-order valence-electron chi connectivity index (χ4n) is 1.27. The van der Waals surface area contributed by atoms with Crippen molar-refractivity contribution in [1.29, 1.82) is 0 Å². The minimum atomic E-state index is -4.87. The molecular formula is C8H5F3N2O4. The molecule has 0 atom stereocenters. The average molecular weight is 250 g/mol. The van der Waals surface area contributed by atoms with Crippen molar-refractivity contribution < 1.29 is 23.0 Å². The summed E-state index contributed by atoms with van der Waals surface area (Å²) in [4.78, 5) is 18.7. The van der Waals surface area contributed by atoms with E-state index < -0.39 is 38.5 Å². The van der Waals surface area contributed by atoms with Crippen LogP contribution in [0.15, 0.2) is 12.1 Å². The van der Waals surface area contributed by atoms with Gasteiger partial charge in [-0.3, -0.25) is 20.2 Å². The summed E-state index contributed by atoms with van der Waals surface area (Å²) in [6.45, 7) is 0.894. The van der Waals surface area contributed by atoms with E-state index in [1.807, 2.05) is 0 Å². The predicted octanol–water partition coefficient (Wildman–Crippen LogP) is 2.83. The molecule has 0 saturated heterocycles. The van der Waals surface area contributed by atoms with Gasteiger partial charge in [0.15, 0.2) is 0 Å². The van der Waals surface area contributed by atoms with Crippen molar-refractivity contribution >= 4 is 11.4 Å². The zero-order valence-electron chi connectivity index (χ0n) is 8.32. The second-order valence-corrected chi connectivity index (χ2v) is 3.15. The van der Waals surface area contributed by atoms with Crippen LogP contribution < -0.4 is 0 Å². The maximum Gasteiger partial charge on any atom is 0.417 e. The minimum Gasteiger partial charge on any atom is -0.258 e. The van der Waals surface area contributed by atoms with E-state index in [1.54, 1.807) is 0 Å². The number of rotatable bonds is 2. The van der Waals surface area contributed by atoms with E-state index >= 15 is 0 Å². The van der Waals surface area contributed by atoms with E-state index in [0.29, 0.717) is 6.07 Å². The zero-order valence-corrected chi connectivity index (χ0v) is 8.32. The van der Waals surface area contributed by atoms with Gasteiger partial charge in [-0.2, -0.15) is 13.2 Å². The molecule has 0 heterocycles. The van der Waals surface area contributed by atoms with Crippen LogP contribution in [0.2, 0.25) is 0 Å². The van der Waals surface area contributed by atoms with Crippen molar-refractivity contribution in [3.8, 4) is 0 Å². The van der Waals surface area contributed by atoms with Crippen LogP contribution in [0.5, 0.6) is 0 Å². The van der Waals surface area contributed by atoms with Gasteiger partial charge in [0.25, 0.3) is 11.4 Å². The van der Waals surface area contributed by atoms with Gasteiger partial charge in [0, 0.05) is 11.6 Å². The standard InChI is InChI=1S/C8H5F3N2O4/c1-4-6(8(9,10)11)2-5(12(14)15)3-7(4)13(16)17/h2-3H,1H3. The van der Waals surface area contributed by atoms with Gasteiger partial charge in [-0.05, 0) is 6.92 Å². The first-order valence-electron chi connectivity index (χ1n) is 4.15. The number of benzene rings is 1. The maximum atomic E-state index is 12.5. The lowest BCUT2D eigenvalue weighted by Gasteiger charge is -2.09. The van der Waals surface area contributed by atoms with Gasteiger partial charge in [0.05, 0.1) is 21.5 Å². The van der Waals surface area contributed by atoms with Crippen LogP contribution in [-0.4, -0.2) is 9.85 Å². The van der Waals surface area contributed by atoms with Gasteiger partial charge >= 0.3 is 6.18 Å². The van der Waals surface area contributed by atoms with E-state index in [1.165, 1.54) is 0 Å². The highest BCUT2D eigenvalue weighted by Crippen LogP contribution is 2.38. The lowest BCUT2D eigenvalue weighted by Crippen LogP contribution is -2.10. The molecule has 0 fully saturated rings. The van der Waals surface area contributed by atoms with Gasteiger partial charge in [0.2, 0.25) is 0 Å². The van der Waals surface area contributed by atoms with Crippen LogP contribution in [0, 0.1) is 27.2 Å². The van der Waals surface area contributed by atoms with E-state index in [-0.39, 0.29) is 6.07 Å². The summed E-state index contributed by atoms with van der Waals surface area (Å²) < 4.78 is 37.5. The highest BCUT2D eigenvalue weighted by atomic mass is 19.4. The molecule has 6 nitrogen and oxygen atoms in total. The van der Waals surface area contributed by atoms with Gasteiger partial charge in [0.1, 0.15) is 0 Å². The van der Waals surface area contributed by atoms with Gasteiger partial charge < -0.3 is 0 Å². The molecule has 0 N–H and O–H groups in total. The fourth-order valence-corrected chi connectivity index (χ4v) is 1.27. The van der Waals surface area contributed by atoms with Crippen molar-refractivity contribution in [1.82, 2.24) is 0 Å². The summed E-state index contributed by atoms with van der Waals surface area (Å²) in [5, 5.41) is 20.9. The van der Waals surface area contributed by atoms with Gasteiger partial charge in [-0.15, -0.1) is 0 Å². The van der Waals surface area contributed by atoms with Crippen molar-refractivity contribution in [3.63, 3.8) is 0 Å². The van der Waals surface area contributed by atoms with Crippen LogP contribution in [0.1, 0.15) is 11.1 Å². The Morgan fingerprint density at radius 2 is 1.65 bits per heavy atom. The molecule has 0 radical (unpaired) electrons. The lowest BCUT2D eigenvalue weighted by molar-refractivity contribution is -0.394. The summed E-state index contributed by atoms with van der Waals surface area (Å²) in [5.74, 6) is 0. The summed E-state index contributed by atoms with van der Waals surface area (Å²) in [5.41, 5.74) is -3.91. The highest BCUT2D eigenvalue weighted by Gasteiger charge is 2.37.